The lowest BCUT2D eigenvalue weighted by atomic mass is 10.1. The van der Waals surface area contributed by atoms with Crippen molar-refractivity contribution in [1.82, 2.24) is 5.32 Å². The maximum absolute atomic E-state index is 11.7. The molecule has 0 spiro atoms. The first-order valence-electron chi connectivity index (χ1n) is 5.63. The molecule has 5 heteroatoms. The number of hydrogen-bond acceptors (Lipinski definition) is 3. The normalized spacial score (nSPS) is 11.3. The molecule has 5 nitrogen and oxygen atoms in total. The molecule has 1 aromatic carbocycles. The van der Waals surface area contributed by atoms with Crippen LogP contribution in [0.25, 0.3) is 0 Å². The lowest BCUT2D eigenvalue weighted by Crippen LogP contribution is -2.44. The molecule has 0 radical (unpaired) electrons. The number of rotatable bonds is 6. The minimum atomic E-state index is -0.777. The third kappa shape index (κ3) is 4.66. The highest BCUT2D eigenvalue weighted by molar-refractivity contribution is 5.87. The molecule has 0 aliphatic heterocycles. The Balaban J connectivity index is 2.52. The van der Waals surface area contributed by atoms with Crippen LogP contribution in [0.5, 0.6) is 0 Å². The molecule has 2 amide bonds. The molecule has 0 aliphatic rings. The highest BCUT2D eigenvalue weighted by Crippen LogP contribution is 2.01. The molecule has 18 heavy (non-hydrogen) atoms. The molecule has 0 unspecified atom stereocenters. The van der Waals surface area contributed by atoms with E-state index in [2.05, 4.69) is 5.32 Å². The number of carbonyl (C=O) groups is 2. The van der Waals surface area contributed by atoms with Gasteiger partial charge in [-0.05, 0) is 12.0 Å². The number of hydrogen-bond donors (Lipinski definition) is 2. The molecule has 0 saturated carbocycles. The number of primary amides is 1. The van der Waals surface area contributed by atoms with E-state index in [0.717, 1.165) is 5.56 Å². The Bertz CT molecular complexity index is 451. The van der Waals surface area contributed by atoms with E-state index in [9.17, 15) is 9.59 Å². The van der Waals surface area contributed by atoms with E-state index in [1.807, 2.05) is 36.4 Å². The fourth-order valence-corrected chi connectivity index (χ4v) is 1.52. The molecule has 1 atom stereocenters. The second kappa shape index (κ2) is 7.07. The first-order chi connectivity index (χ1) is 8.63. The van der Waals surface area contributed by atoms with E-state index in [4.69, 9.17) is 11.0 Å². The average Bonchev–Trinajstić information content (AvgIpc) is 2.35. The summed E-state index contributed by atoms with van der Waals surface area (Å²) in [5.74, 6) is -0.894. The summed E-state index contributed by atoms with van der Waals surface area (Å²) in [7, 11) is 0. The number of nitrogens with one attached hydrogen (secondary N) is 1. The van der Waals surface area contributed by atoms with E-state index in [-0.39, 0.29) is 25.2 Å². The van der Waals surface area contributed by atoms with Crippen molar-refractivity contribution in [2.75, 3.05) is 0 Å². The number of nitriles is 1. The molecule has 0 fully saturated rings. The van der Waals surface area contributed by atoms with Crippen LogP contribution in [0.1, 0.15) is 18.4 Å². The van der Waals surface area contributed by atoms with Crippen LogP contribution in [0, 0.1) is 11.3 Å². The minimum absolute atomic E-state index is 0.180. The molecular weight excluding hydrogens is 230 g/mol. The molecular formula is C13H15N3O2. The van der Waals surface area contributed by atoms with Crippen molar-refractivity contribution >= 4 is 11.8 Å². The third-order valence-electron chi connectivity index (χ3n) is 2.43. The van der Waals surface area contributed by atoms with Crippen LogP contribution in [0.3, 0.4) is 0 Å². The van der Waals surface area contributed by atoms with Gasteiger partial charge >= 0.3 is 0 Å². The van der Waals surface area contributed by atoms with Gasteiger partial charge in [-0.25, -0.2) is 0 Å². The van der Waals surface area contributed by atoms with Crippen molar-refractivity contribution in [2.45, 2.75) is 25.3 Å². The first-order valence-corrected chi connectivity index (χ1v) is 5.63. The van der Waals surface area contributed by atoms with Gasteiger partial charge in [-0.3, -0.25) is 9.59 Å². The molecule has 0 aromatic heterocycles. The van der Waals surface area contributed by atoms with E-state index in [0.29, 0.717) is 0 Å². The Morgan fingerprint density at radius 3 is 2.56 bits per heavy atom. The molecule has 1 rings (SSSR count). The highest BCUT2D eigenvalue weighted by Gasteiger charge is 2.17. The molecule has 94 valence electrons. The number of amides is 2. The quantitative estimate of drug-likeness (QED) is 0.764. The van der Waals surface area contributed by atoms with Gasteiger partial charge in [-0.2, -0.15) is 5.26 Å². The van der Waals surface area contributed by atoms with Gasteiger partial charge in [0.2, 0.25) is 11.8 Å². The lowest BCUT2D eigenvalue weighted by Gasteiger charge is -2.13. The topological polar surface area (TPSA) is 96.0 Å². The van der Waals surface area contributed by atoms with E-state index < -0.39 is 11.9 Å². The minimum Gasteiger partial charge on any atom is -0.368 e. The largest absolute Gasteiger partial charge is 0.368 e. The van der Waals surface area contributed by atoms with Crippen molar-refractivity contribution in [3.63, 3.8) is 0 Å². The van der Waals surface area contributed by atoms with Crippen molar-refractivity contribution in [3.8, 4) is 6.07 Å². The van der Waals surface area contributed by atoms with E-state index >= 15 is 0 Å². The van der Waals surface area contributed by atoms with Crippen molar-refractivity contribution in [1.29, 1.82) is 5.26 Å². The van der Waals surface area contributed by atoms with Gasteiger partial charge in [-0.15, -0.1) is 0 Å². The van der Waals surface area contributed by atoms with Crippen LogP contribution >= 0.6 is 0 Å². The maximum atomic E-state index is 11.7. The molecule has 1 aromatic rings. The van der Waals surface area contributed by atoms with Gasteiger partial charge in [0.15, 0.2) is 0 Å². The summed E-state index contributed by atoms with van der Waals surface area (Å²) in [5, 5.41) is 11.0. The zero-order valence-corrected chi connectivity index (χ0v) is 9.93. The summed E-state index contributed by atoms with van der Waals surface area (Å²) < 4.78 is 0. The second-order valence-corrected chi connectivity index (χ2v) is 3.88. The van der Waals surface area contributed by atoms with Gasteiger partial charge in [0.05, 0.1) is 12.5 Å². The number of benzene rings is 1. The van der Waals surface area contributed by atoms with Crippen LogP contribution in [0.2, 0.25) is 0 Å². The smallest absolute Gasteiger partial charge is 0.240 e. The predicted octanol–water partition coefficient (Wildman–Crippen LogP) is 0.503. The fraction of sp³-hybridized carbons (Fsp3) is 0.308. The number of nitrogens with two attached hydrogens (primary N) is 1. The van der Waals surface area contributed by atoms with E-state index in [1.165, 1.54) is 0 Å². The average molecular weight is 245 g/mol. The van der Waals surface area contributed by atoms with Crippen LogP contribution in [-0.4, -0.2) is 17.9 Å². The Morgan fingerprint density at radius 2 is 2.00 bits per heavy atom. The van der Waals surface area contributed by atoms with Crippen LogP contribution in [-0.2, 0) is 16.0 Å². The molecule has 3 N–H and O–H groups in total. The summed E-state index contributed by atoms with van der Waals surface area (Å²) in [6.07, 6.45) is 0.614. The summed E-state index contributed by atoms with van der Waals surface area (Å²) in [5.41, 5.74) is 6.02. The Labute approximate surface area is 106 Å². The van der Waals surface area contributed by atoms with Crippen molar-refractivity contribution in [2.24, 2.45) is 5.73 Å². The summed E-state index contributed by atoms with van der Waals surface area (Å²) in [6.45, 7) is 0. The Kier molecular flexibility index (Phi) is 5.39. The fourth-order valence-electron chi connectivity index (χ4n) is 1.52. The standard InChI is InChI=1S/C13H15N3O2/c14-8-4-7-11(13(15)18)16-12(17)9-10-5-2-1-3-6-10/h1-3,5-6,11H,4,7,9H2,(H2,15,18)(H,16,17)/t11-/m0/s1. The summed E-state index contributed by atoms with van der Waals surface area (Å²) in [4.78, 5) is 22.8. The van der Waals surface area contributed by atoms with Crippen LogP contribution in [0.4, 0.5) is 0 Å². The van der Waals surface area contributed by atoms with Gasteiger partial charge in [0, 0.05) is 6.42 Å². The summed E-state index contributed by atoms with van der Waals surface area (Å²) in [6, 6.07) is 10.3. The van der Waals surface area contributed by atoms with Gasteiger partial charge in [0.1, 0.15) is 6.04 Å². The number of carbonyl (C=O) groups excluding carboxylic acids is 2. The van der Waals surface area contributed by atoms with Crippen LogP contribution in [0.15, 0.2) is 30.3 Å². The number of nitrogens with zero attached hydrogens (tertiary/aromatic N) is 1. The molecule has 0 heterocycles. The highest BCUT2D eigenvalue weighted by atomic mass is 16.2. The van der Waals surface area contributed by atoms with Crippen molar-refractivity contribution in [3.05, 3.63) is 35.9 Å². The SMILES string of the molecule is N#CCC[C@H](NC(=O)Cc1ccccc1)C(N)=O. The molecule has 0 bridgehead atoms. The Morgan fingerprint density at radius 1 is 1.33 bits per heavy atom. The maximum Gasteiger partial charge on any atom is 0.240 e. The third-order valence-corrected chi connectivity index (χ3v) is 2.43. The molecule has 0 aliphatic carbocycles. The van der Waals surface area contributed by atoms with Gasteiger partial charge < -0.3 is 11.1 Å². The zero-order chi connectivity index (χ0) is 13.4. The van der Waals surface area contributed by atoms with Crippen molar-refractivity contribution < 1.29 is 9.59 Å². The Hall–Kier alpha value is -2.35. The van der Waals surface area contributed by atoms with Gasteiger partial charge in [0.25, 0.3) is 0 Å². The second-order valence-electron chi connectivity index (χ2n) is 3.88. The van der Waals surface area contributed by atoms with Crippen LogP contribution < -0.4 is 11.1 Å². The van der Waals surface area contributed by atoms with E-state index in [1.54, 1.807) is 0 Å². The summed E-state index contributed by atoms with van der Waals surface area (Å²) >= 11 is 0. The van der Waals surface area contributed by atoms with Gasteiger partial charge in [-0.1, -0.05) is 30.3 Å². The first kappa shape index (κ1) is 13.7. The zero-order valence-electron chi connectivity index (χ0n) is 9.93. The lowest BCUT2D eigenvalue weighted by molar-refractivity contribution is -0.127. The monoisotopic (exact) mass is 245 g/mol. The predicted molar refractivity (Wildman–Crippen MR) is 66.1 cm³/mol. The molecule has 0 saturated heterocycles.